The van der Waals surface area contributed by atoms with Crippen molar-refractivity contribution in [3.8, 4) is 0 Å². The average molecular weight is 293 g/mol. The number of hydrogen-bond acceptors (Lipinski definition) is 4. The van der Waals surface area contributed by atoms with Gasteiger partial charge in [-0.05, 0) is 36.6 Å². The van der Waals surface area contributed by atoms with Crippen molar-refractivity contribution in [2.24, 2.45) is 5.92 Å². The van der Waals surface area contributed by atoms with Gasteiger partial charge in [0.25, 0.3) is 0 Å². The average Bonchev–Trinajstić information content (AvgIpc) is 2.38. The molecule has 1 amide bonds. The van der Waals surface area contributed by atoms with E-state index >= 15 is 0 Å². The van der Waals surface area contributed by atoms with Gasteiger partial charge in [-0.1, -0.05) is 13.8 Å². The molecule has 1 rings (SSSR count). The second kappa shape index (κ2) is 8.64. The lowest BCUT2D eigenvalue weighted by Gasteiger charge is -2.23. The van der Waals surface area contributed by atoms with Crippen molar-refractivity contribution in [1.82, 2.24) is 4.90 Å². The highest BCUT2D eigenvalue weighted by atomic mass is 16.5. The van der Waals surface area contributed by atoms with Gasteiger partial charge in [0.15, 0.2) is 0 Å². The third-order valence-corrected chi connectivity index (χ3v) is 3.13. The summed E-state index contributed by atoms with van der Waals surface area (Å²) in [6.45, 7) is 8.83. The number of aryl methyl sites for hydroxylation is 1. The van der Waals surface area contributed by atoms with Crippen LogP contribution in [0.1, 0.15) is 19.4 Å². The van der Waals surface area contributed by atoms with Crippen LogP contribution in [-0.4, -0.2) is 44.2 Å². The Kier molecular flexibility index (Phi) is 7.19. The van der Waals surface area contributed by atoms with Crippen molar-refractivity contribution in [2.45, 2.75) is 20.8 Å². The highest BCUT2D eigenvalue weighted by Gasteiger charge is 2.13. The molecule has 1 aromatic rings. The highest BCUT2D eigenvalue weighted by Crippen LogP contribution is 2.17. The first-order valence-corrected chi connectivity index (χ1v) is 7.29. The molecule has 1 aromatic carbocycles. The highest BCUT2D eigenvalue weighted by molar-refractivity contribution is 5.93. The molecule has 0 saturated heterocycles. The molecule has 0 unspecified atom stereocenters. The van der Waals surface area contributed by atoms with E-state index in [2.05, 4.69) is 24.1 Å². The molecule has 0 aromatic heterocycles. The third-order valence-electron chi connectivity index (χ3n) is 3.13. The zero-order valence-corrected chi connectivity index (χ0v) is 13.5. The number of nitrogens with one attached hydrogen (secondary N) is 1. The third kappa shape index (κ3) is 6.60. The van der Waals surface area contributed by atoms with Gasteiger partial charge in [0.05, 0.1) is 13.2 Å². The molecule has 5 nitrogen and oxygen atoms in total. The molecule has 5 heteroatoms. The van der Waals surface area contributed by atoms with Crippen LogP contribution >= 0.6 is 0 Å². The molecule has 118 valence electrons. The predicted molar refractivity (Wildman–Crippen MR) is 87.4 cm³/mol. The SMILES string of the molecule is COCCN(CC(=O)Nc1ccc(N)cc1C)CC(C)C. The van der Waals surface area contributed by atoms with E-state index in [4.69, 9.17) is 10.5 Å². The van der Waals surface area contributed by atoms with Gasteiger partial charge in [-0.15, -0.1) is 0 Å². The first-order chi connectivity index (χ1) is 9.92. The van der Waals surface area contributed by atoms with Crippen molar-refractivity contribution in [3.63, 3.8) is 0 Å². The first-order valence-electron chi connectivity index (χ1n) is 7.29. The molecule has 3 N–H and O–H groups in total. The summed E-state index contributed by atoms with van der Waals surface area (Å²) in [5.74, 6) is 0.493. The second-order valence-electron chi connectivity index (χ2n) is 5.74. The number of benzene rings is 1. The summed E-state index contributed by atoms with van der Waals surface area (Å²) in [7, 11) is 1.67. The summed E-state index contributed by atoms with van der Waals surface area (Å²) < 4.78 is 5.10. The van der Waals surface area contributed by atoms with Crippen LogP contribution in [0.15, 0.2) is 18.2 Å². The molecule has 0 aliphatic carbocycles. The molecular weight excluding hydrogens is 266 g/mol. The van der Waals surface area contributed by atoms with Crippen LogP contribution in [0.25, 0.3) is 0 Å². The lowest BCUT2D eigenvalue weighted by Crippen LogP contribution is -2.37. The van der Waals surface area contributed by atoms with E-state index in [0.29, 0.717) is 24.8 Å². The molecule has 0 aliphatic heterocycles. The molecule has 0 fully saturated rings. The van der Waals surface area contributed by atoms with Gasteiger partial charge >= 0.3 is 0 Å². The number of carbonyl (C=O) groups excluding carboxylic acids is 1. The van der Waals surface area contributed by atoms with Crippen molar-refractivity contribution >= 4 is 17.3 Å². The maximum absolute atomic E-state index is 12.2. The molecule has 0 radical (unpaired) electrons. The van der Waals surface area contributed by atoms with Crippen LogP contribution in [-0.2, 0) is 9.53 Å². The van der Waals surface area contributed by atoms with Gasteiger partial charge in [-0.25, -0.2) is 0 Å². The number of nitrogens with zero attached hydrogens (tertiary/aromatic N) is 1. The standard InChI is InChI=1S/C16H27N3O2/c1-12(2)10-19(7-8-21-4)11-16(20)18-15-6-5-14(17)9-13(15)3/h5-6,9,12H,7-8,10-11,17H2,1-4H3,(H,18,20). The number of anilines is 2. The fraction of sp³-hybridized carbons (Fsp3) is 0.562. The molecule has 0 spiro atoms. The minimum absolute atomic E-state index is 0.0142. The zero-order valence-electron chi connectivity index (χ0n) is 13.5. The molecule has 0 heterocycles. The molecule has 0 aliphatic rings. The Bertz CT molecular complexity index is 461. The van der Waals surface area contributed by atoms with E-state index in [1.165, 1.54) is 0 Å². The van der Waals surface area contributed by atoms with E-state index < -0.39 is 0 Å². The number of amides is 1. The number of rotatable bonds is 8. The quantitative estimate of drug-likeness (QED) is 0.720. The Hall–Kier alpha value is -1.59. The summed E-state index contributed by atoms with van der Waals surface area (Å²) in [4.78, 5) is 14.3. The van der Waals surface area contributed by atoms with Crippen molar-refractivity contribution in [1.29, 1.82) is 0 Å². The van der Waals surface area contributed by atoms with Gasteiger partial charge in [-0.3, -0.25) is 9.69 Å². The van der Waals surface area contributed by atoms with Gasteiger partial charge < -0.3 is 15.8 Å². The van der Waals surface area contributed by atoms with E-state index in [-0.39, 0.29) is 5.91 Å². The fourth-order valence-electron chi connectivity index (χ4n) is 2.19. The van der Waals surface area contributed by atoms with Crippen molar-refractivity contribution in [2.75, 3.05) is 44.4 Å². The first kappa shape index (κ1) is 17.5. The number of methoxy groups -OCH3 is 1. The summed E-state index contributed by atoms with van der Waals surface area (Å²) >= 11 is 0. The Morgan fingerprint density at radius 2 is 2.14 bits per heavy atom. The minimum atomic E-state index is -0.0142. The molecule has 0 atom stereocenters. The van der Waals surface area contributed by atoms with Crippen LogP contribution in [0, 0.1) is 12.8 Å². The summed E-state index contributed by atoms with van der Waals surface area (Å²) in [5, 5.41) is 2.94. The summed E-state index contributed by atoms with van der Waals surface area (Å²) in [5.41, 5.74) is 8.19. The van der Waals surface area contributed by atoms with Crippen LogP contribution < -0.4 is 11.1 Å². The van der Waals surface area contributed by atoms with Gasteiger partial charge in [0.2, 0.25) is 5.91 Å². The van der Waals surface area contributed by atoms with E-state index in [1.54, 1.807) is 13.2 Å². The Morgan fingerprint density at radius 3 is 2.71 bits per heavy atom. The van der Waals surface area contributed by atoms with Gasteiger partial charge in [0.1, 0.15) is 0 Å². The molecule has 0 bridgehead atoms. The number of nitrogens with two attached hydrogens (primary N) is 1. The molecule has 0 saturated carbocycles. The maximum Gasteiger partial charge on any atom is 0.238 e. The lowest BCUT2D eigenvalue weighted by molar-refractivity contribution is -0.117. The smallest absolute Gasteiger partial charge is 0.238 e. The van der Waals surface area contributed by atoms with E-state index in [0.717, 1.165) is 24.3 Å². The van der Waals surface area contributed by atoms with Crippen LogP contribution in [0.4, 0.5) is 11.4 Å². The largest absolute Gasteiger partial charge is 0.399 e. The Labute approximate surface area is 127 Å². The molecular formula is C16H27N3O2. The minimum Gasteiger partial charge on any atom is -0.399 e. The van der Waals surface area contributed by atoms with Crippen LogP contribution in [0.5, 0.6) is 0 Å². The number of carbonyl (C=O) groups is 1. The summed E-state index contributed by atoms with van der Waals surface area (Å²) in [6, 6.07) is 5.48. The monoisotopic (exact) mass is 293 g/mol. The van der Waals surface area contributed by atoms with Crippen LogP contribution in [0.2, 0.25) is 0 Å². The number of nitrogen functional groups attached to an aromatic ring is 1. The van der Waals surface area contributed by atoms with Gasteiger partial charge in [-0.2, -0.15) is 0 Å². The predicted octanol–water partition coefficient (Wildman–Crippen LogP) is 2.12. The van der Waals surface area contributed by atoms with Crippen LogP contribution in [0.3, 0.4) is 0 Å². The second-order valence-corrected chi connectivity index (χ2v) is 5.74. The Morgan fingerprint density at radius 1 is 1.43 bits per heavy atom. The summed E-state index contributed by atoms with van der Waals surface area (Å²) in [6.07, 6.45) is 0. The zero-order chi connectivity index (χ0) is 15.8. The fourth-order valence-corrected chi connectivity index (χ4v) is 2.19. The number of ether oxygens (including phenoxy) is 1. The van der Waals surface area contributed by atoms with E-state index in [9.17, 15) is 4.79 Å². The Balaban J connectivity index is 2.59. The lowest BCUT2D eigenvalue weighted by atomic mass is 10.1. The maximum atomic E-state index is 12.2. The van der Waals surface area contributed by atoms with Gasteiger partial charge in [0, 0.05) is 31.6 Å². The normalized spacial score (nSPS) is 11.1. The molecule has 21 heavy (non-hydrogen) atoms. The van der Waals surface area contributed by atoms with E-state index in [1.807, 2.05) is 19.1 Å². The topological polar surface area (TPSA) is 67.6 Å². The van der Waals surface area contributed by atoms with Crippen molar-refractivity contribution in [3.05, 3.63) is 23.8 Å². The van der Waals surface area contributed by atoms with Crippen molar-refractivity contribution < 1.29 is 9.53 Å². The number of hydrogen-bond donors (Lipinski definition) is 2.